The van der Waals surface area contributed by atoms with Crippen LogP contribution in [0.2, 0.25) is 5.02 Å². The lowest BCUT2D eigenvalue weighted by Gasteiger charge is -2.34. The zero-order valence-corrected chi connectivity index (χ0v) is 19.3. The number of aromatic nitrogens is 2. The van der Waals surface area contributed by atoms with Crippen LogP contribution >= 0.6 is 11.6 Å². The Kier molecular flexibility index (Phi) is 6.43. The first kappa shape index (κ1) is 22.3. The van der Waals surface area contributed by atoms with Gasteiger partial charge in [-0.1, -0.05) is 48.0 Å². The first-order chi connectivity index (χ1) is 16.6. The molecule has 5 nitrogen and oxygen atoms in total. The van der Waals surface area contributed by atoms with E-state index in [1.807, 2.05) is 35.2 Å². The Morgan fingerprint density at radius 2 is 1.62 bits per heavy atom. The normalized spacial score (nSPS) is 14.4. The second kappa shape index (κ2) is 9.79. The topological polar surface area (TPSA) is 41.4 Å². The molecular formula is C27H24ClFN4O. The zero-order valence-electron chi connectivity index (χ0n) is 18.6. The zero-order chi connectivity index (χ0) is 23.5. The summed E-state index contributed by atoms with van der Waals surface area (Å²) >= 11 is 6.22. The molecule has 5 rings (SSSR count). The number of nitrogens with zero attached hydrogens (tertiary/aromatic N) is 4. The van der Waals surface area contributed by atoms with Crippen LogP contribution in [0.3, 0.4) is 0 Å². The third-order valence-corrected chi connectivity index (χ3v) is 6.26. The van der Waals surface area contributed by atoms with E-state index < -0.39 is 0 Å². The average molecular weight is 475 g/mol. The maximum absolute atomic E-state index is 13.6. The quantitative estimate of drug-likeness (QED) is 0.394. The maximum Gasteiger partial charge on any atom is 0.272 e. The first-order valence-corrected chi connectivity index (χ1v) is 11.6. The van der Waals surface area contributed by atoms with Crippen LogP contribution in [0.15, 0.2) is 84.9 Å². The van der Waals surface area contributed by atoms with E-state index in [0.717, 1.165) is 25.2 Å². The number of piperazine rings is 1. The molecule has 0 spiro atoms. The van der Waals surface area contributed by atoms with E-state index in [4.69, 9.17) is 11.6 Å². The number of rotatable bonds is 5. The van der Waals surface area contributed by atoms with Gasteiger partial charge in [-0.2, -0.15) is 5.10 Å². The number of carbonyl (C=O) groups excluding carboxylic acids is 1. The van der Waals surface area contributed by atoms with E-state index in [0.29, 0.717) is 35.2 Å². The maximum atomic E-state index is 13.6. The van der Waals surface area contributed by atoms with Crippen molar-refractivity contribution in [2.75, 3.05) is 26.2 Å². The van der Waals surface area contributed by atoms with Gasteiger partial charge in [-0.3, -0.25) is 9.69 Å². The third kappa shape index (κ3) is 4.88. The van der Waals surface area contributed by atoms with Gasteiger partial charge in [0.1, 0.15) is 11.5 Å². The first-order valence-electron chi connectivity index (χ1n) is 11.2. The summed E-state index contributed by atoms with van der Waals surface area (Å²) in [4.78, 5) is 17.8. The van der Waals surface area contributed by atoms with Crippen LogP contribution in [0.25, 0.3) is 16.9 Å². The molecule has 0 atom stereocenters. The predicted octanol–water partition coefficient (Wildman–Crippen LogP) is 5.29. The number of carbonyl (C=O) groups is 1. The number of amides is 1. The lowest BCUT2D eigenvalue weighted by atomic mass is 10.1. The van der Waals surface area contributed by atoms with E-state index >= 15 is 0 Å². The summed E-state index contributed by atoms with van der Waals surface area (Å²) in [6.07, 6.45) is 0. The number of benzene rings is 3. The van der Waals surface area contributed by atoms with Crippen molar-refractivity contribution in [1.29, 1.82) is 0 Å². The number of halogens is 2. The smallest absolute Gasteiger partial charge is 0.272 e. The van der Waals surface area contributed by atoms with Gasteiger partial charge < -0.3 is 4.90 Å². The molecule has 1 amide bonds. The van der Waals surface area contributed by atoms with Gasteiger partial charge in [-0.15, -0.1) is 0 Å². The molecule has 0 N–H and O–H groups in total. The fourth-order valence-corrected chi connectivity index (χ4v) is 4.40. The molecule has 3 aromatic carbocycles. The number of hydrogen-bond donors (Lipinski definition) is 0. The van der Waals surface area contributed by atoms with Crippen molar-refractivity contribution in [1.82, 2.24) is 19.6 Å². The van der Waals surface area contributed by atoms with Crippen LogP contribution in [-0.4, -0.2) is 51.7 Å². The summed E-state index contributed by atoms with van der Waals surface area (Å²) in [5, 5.41) is 5.25. The molecule has 0 unspecified atom stereocenters. The Morgan fingerprint density at radius 1 is 0.882 bits per heavy atom. The molecule has 7 heteroatoms. The molecule has 1 saturated heterocycles. The minimum atomic E-state index is -0.317. The van der Waals surface area contributed by atoms with Gasteiger partial charge in [0.05, 0.1) is 11.4 Å². The van der Waals surface area contributed by atoms with Crippen molar-refractivity contribution in [3.8, 4) is 16.9 Å². The Balaban J connectivity index is 1.39. The molecule has 0 saturated carbocycles. The molecule has 2 heterocycles. The molecule has 1 fully saturated rings. The van der Waals surface area contributed by atoms with Gasteiger partial charge >= 0.3 is 0 Å². The van der Waals surface area contributed by atoms with Crippen molar-refractivity contribution in [2.24, 2.45) is 0 Å². The minimum absolute atomic E-state index is 0.0831. The molecule has 1 aliphatic heterocycles. The van der Waals surface area contributed by atoms with Crippen LogP contribution in [0, 0.1) is 5.82 Å². The molecule has 34 heavy (non-hydrogen) atoms. The van der Waals surface area contributed by atoms with Crippen LogP contribution < -0.4 is 0 Å². The summed E-state index contributed by atoms with van der Waals surface area (Å²) in [6.45, 7) is 3.75. The summed E-state index contributed by atoms with van der Waals surface area (Å²) in [5.74, 6) is -0.400. The molecule has 1 aromatic heterocycles. The van der Waals surface area contributed by atoms with E-state index in [2.05, 4.69) is 22.1 Å². The van der Waals surface area contributed by atoms with Crippen LogP contribution in [0.5, 0.6) is 0 Å². The van der Waals surface area contributed by atoms with Crippen LogP contribution in [0.4, 0.5) is 4.39 Å². The van der Waals surface area contributed by atoms with Gasteiger partial charge in [-0.25, -0.2) is 9.07 Å². The molecule has 4 aromatic rings. The Hall–Kier alpha value is -3.48. The third-order valence-electron chi connectivity index (χ3n) is 6.03. The molecule has 0 aliphatic carbocycles. The standard InChI is InChI=1S/C27H24ClFN4O/c28-22-7-4-8-24(17-22)33-26(18-25(30-33)21-9-11-23(29)12-10-21)27(34)32-15-13-31(14-16-32)19-20-5-2-1-3-6-20/h1-12,17-18H,13-16,19H2. The van der Waals surface area contributed by atoms with E-state index in [1.165, 1.54) is 17.7 Å². The highest BCUT2D eigenvalue weighted by molar-refractivity contribution is 6.30. The molecule has 1 aliphatic rings. The predicted molar refractivity (Wildman–Crippen MR) is 132 cm³/mol. The van der Waals surface area contributed by atoms with Gasteiger partial charge in [0.25, 0.3) is 5.91 Å². The summed E-state index contributed by atoms with van der Waals surface area (Å²) in [7, 11) is 0. The lowest BCUT2D eigenvalue weighted by molar-refractivity contribution is 0.0619. The van der Waals surface area contributed by atoms with Crippen molar-refractivity contribution < 1.29 is 9.18 Å². The number of hydrogen-bond acceptors (Lipinski definition) is 3. The Morgan fingerprint density at radius 3 is 2.32 bits per heavy atom. The van der Waals surface area contributed by atoms with Crippen LogP contribution in [-0.2, 0) is 6.54 Å². The largest absolute Gasteiger partial charge is 0.335 e. The highest BCUT2D eigenvalue weighted by Gasteiger charge is 2.26. The summed E-state index contributed by atoms with van der Waals surface area (Å²) in [5.41, 5.74) is 3.77. The fraction of sp³-hybridized carbons (Fsp3) is 0.185. The second-order valence-corrected chi connectivity index (χ2v) is 8.80. The fourth-order valence-electron chi connectivity index (χ4n) is 4.21. The highest BCUT2D eigenvalue weighted by Crippen LogP contribution is 2.25. The lowest BCUT2D eigenvalue weighted by Crippen LogP contribution is -2.48. The highest BCUT2D eigenvalue weighted by atomic mass is 35.5. The monoisotopic (exact) mass is 474 g/mol. The molecule has 0 bridgehead atoms. The van der Waals surface area contributed by atoms with Gasteiger partial charge in [-0.05, 0) is 54.1 Å². The SMILES string of the molecule is O=C(c1cc(-c2ccc(F)cc2)nn1-c1cccc(Cl)c1)N1CCN(Cc2ccccc2)CC1. The van der Waals surface area contributed by atoms with E-state index in [1.54, 1.807) is 35.0 Å². The van der Waals surface area contributed by atoms with Crippen molar-refractivity contribution in [3.63, 3.8) is 0 Å². The van der Waals surface area contributed by atoms with E-state index in [9.17, 15) is 9.18 Å². The Bertz CT molecular complexity index is 1280. The summed E-state index contributed by atoms with van der Waals surface area (Å²) < 4.78 is 15.1. The minimum Gasteiger partial charge on any atom is -0.335 e. The van der Waals surface area contributed by atoms with Gasteiger partial charge in [0.2, 0.25) is 0 Å². The van der Waals surface area contributed by atoms with Crippen molar-refractivity contribution in [2.45, 2.75) is 6.54 Å². The Labute approximate surface area is 203 Å². The van der Waals surface area contributed by atoms with Crippen molar-refractivity contribution in [3.05, 3.63) is 107 Å². The van der Waals surface area contributed by atoms with Crippen molar-refractivity contribution >= 4 is 17.5 Å². The van der Waals surface area contributed by atoms with E-state index in [-0.39, 0.29) is 11.7 Å². The molecule has 172 valence electrons. The summed E-state index contributed by atoms with van der Waals surface area (Å²) in [6, 6.07) is 25.5. The average Bonchev–Trinajstić information content (AvgIpc) is 3.31. The van der Waals surface area contributed by atoms with Gasteiger partial charge in [0.15, 0.2) is 0 Å². The molecule has 0 radical (unpaired) electrons. The second-order valence-electron chi connectivity index (χ2n) is 8.37. The van der Waals surface area contributed by atoms with Crippen LogP contribution in [0.1, 0.15) is 16.1 Å². The van der Waals surface area contributed by atoms with Gasteiger partial charge in [0, 0.05) is 43.3 Å². The molecular weight excluding hydrogens is 451 g/mol.